The van der Waals surface area contributed by atoms with Gasteiger partial charge in [0.1, 0.15) is 0 Å². The van der Waals surface area contributed by atoms with Gasteiger partial charge in [-0.15, -0.1) is 0 Å². The van der Waals surface area contributed by atoms with Gasteiger partial charge in [-0.2, -0.15) is 0 Å². The van der Waals surface area contributed by atoms with E-state index < -0.39 is 0 Å². The molecular formula is C27H31N3O. The van der Waals surface area contributed by atoms with E-state index in [1.807, 2.05) is 30.3 Å². The second-order valence-corrected chi connectivity index (χ2v) is 8.48. The third-order valence-electron chi connectivity index (χ3n) is 5.99. The van der Waals surface area contributed by atoms with Crippen LogP contribution in [0.3, 0.4) is 0 Å². The predicted octanol–water partition coefficient (Wildman–Crippen LogP) is 5.45. The number of hydrogen-bond acceptors (Lipinski definition) is 3. The van der Waals surface area contributed by atoms with Crippen molar-refractivity contribution in [1.29, 1.82) is 0 Å². The van der Waals surface area contributed by atoms with Crippen molar-refractivity contribution < 1.29 is 4.79 Å². The monoisotopic (exact) mass is 413 g/mol. The molecule has 0 bridgehead atoms. The lowest BCUT2D eigenvalue weighted by molar-refractivity contribution is 0.102. The van der Waals surface area contributed by atoms with E-state index in [9.17, 15) is 4.79 Å². The number of aryl methyl sites for hydroxylation is 1. The molecule has 0 aromatic heterocycles. The summed E-state index contributed by atoms with van der Waals surface area (Å²) in [4.78, 5) is 15.8. The second-order valence-electron chi connectivity index (χ2n) is 8.48. The minimum absolute atomic E-state index is 0.0748. The molecule has 4 rings (SSSR count). The Morgan fingerprint density at radius 3 is 2.35 bits per heavy atom. The first-order valence-electron chi connectivity index (χ1n) is 11.1. The van der Waals surface area contributed by atoms with Gasteiger partial charge in [0.2, 0.25) is 0 Å². The van der Waals surface area contributed by atoms with Crippen LogP contribution in [0.25, 0.3) is 11.1 Å². The molecule has 1 saturated heterocycles. The Morgan fingerprint density at radius 1 is 0.935 bits per heavy atom. The van der Waals surface area contributed by atoms with Gasteiger partial charge in [0.05, 0.1) is 11.4 Å². The summed E-state index contributed by atoms with van der Waals surface area (Å²) < 4.78 is 0. The summed E-state index contributed by atoms with van der Waals surface area (Å²) in [5.74, 6) is 0.407. The number of piperazine rings is 1. The molecule has 1 heterocycles. The molecule has 0 spiro atoms. The average Bonchev–Trinajstić information content (AvgIpc) is 2.80. The SMILES string of the molecule is Cc1cccc(C(=O)Nc2ccccc2N2CCNCC2)c1-c1ccc(C(C)C)cc1. The molecule has 2 N–H and O–H groups in total. The van der Waals surface area contributed by atoms with Crippen LogP contribution in [0, 0.1) is 6.92 Å². The van der Waals surface area contributed by atoms with Crippen molar-refractivity contribution in [1.82, 2.24) is 5.32 Å². The van der Waals surface area contributed by atoms with Crippen molar-refractivity contribution in [3.05, 3.63) is 83.4 Å². The maximum atomic E-state index is 13.4. The lowest BCUT2D eigenvalue weighted by Crippen LogP contribution is -2.43. The topological polar surface area (TPSA) is 44.4 Å². The highest BCUT2D eigenvalue weighted by Gasteiger charge is 2.19. The van der Waals surface area contributed by atoms with Gasteiger partial charge in [0.15, 0.2) is 0 Å². The molecule has 1 amide bonds. The van der Waals surface area contributed by atoms with Gasteiger partial charge >= 0.3 is 0 Å². The van der Waals surface area contributed by atoms with Crippen molar-refractivity contribution in [3.63, 3.8) is 0 Å². The molecule has 3 aromatic rings. The standard InChI is InChI=1S/C27H31N3O/c1-19(2)21-11-13-22(14-12-21)26-20(3)7-6-8-23(26)27(31)29-24-9-4-5-10-25(24)30-17-15-28-16-18-30/h4-14,19,28H,15-18H2,1-3H3,(H,29,31). The van der Waals surface area contributed by atoms with Gasteiger partial charge < -0.3 is 15.5 Å². The van der Waals surface area contributed by atoms with Crippen LogP contribution < -0.4 is 15.5 Å². The molecule has 0 aliphatic carbocycles. The van der Waals surface area contributed by atoms with Gasteiger partial charge in [-0.25, -0.2) is 0 Å². The van der Waals surface area contributed by atoms with E-state index in [0.717, 1.165) is 54.2 Å². The number of para-hydroxylation sites is 2. The largest absolute Gasteiger partial charge is 0.367 e. The average molecular weight is 414 g/mol. The number of nitrogens with zero attached hydrogens (tertiary/aromatic N) is 1. The minimum Gasteiger partial charge on any atom is -0.367 e. The highest BCUT2D eigenvalue weighted by molar-refractivity contribution is 6.10. The smallest absolute Gasteiger partial charge is 0.256 e. The fourth-order valence-electron chi connectivity index (χ4n) is 4.23. The van der Waals surface area contributed by atoms with Crippen LogP contribution in [0.5, 0.6) is 0 Å². The Hall–Kier alpha value is -3.11. The number of nitrogens with one attached hydrogen (secondary N) is 2. The van der Waals surface area contributed by atoms with Gasteiger partial charge in [-0.1, -0.05) is 62.4 Å². The maximum Gasteiger partial charge on any atom is 0.256 e. The summed E-state index contributed by atoms with van der Waals surface area (Å²) in [6, 6.07) is 22.6. The zero-order chi connectivity index (χ0) is 21.8. The Morgan fingerprint density at radius 2 is 1.65 bits per heavy atom. The summed E-state index contributed by atoms with van der Waals surface area (Å²) in [5.41, 5.74) is 7.10. The number of rotatable bonds is 5. The molecule has 1 fully saturated rings. The van der Waals surface area contributed by atoms with Crippen LogP contribution in [-0.2, 0) is 0 Å². The van der Waals surface area contributed by atoms with Crippen LogP contribution in [0.2, 0.25) is 0 Å². The van der Waals surface area contributed by atoms with Gasteiger partial charge in [0, 0.05) is 31.7 Å². The first-order chi connectivity index (χ1) is 15.0. The zero-order valence-corrected chi connectivity index (χ0v) is 18.6. The summed E-state index contributed by atoms with van der Waals surface area (Å²) >= 11 is 0. The van der Waals surface area contributed by atoms with Crippen molar-refractivity contribution in [2.24, 2.45) is 0 Å². The zero-order valence-electron chi connectivity index (χ0n) is 18.6. The highest BCUT2D eigenvalue weighted by atomic mass is 16.1. The molecule has 3 aromatic carbocycles. The summed E-state index contributed by atoms with van der Waals surface area (Å²) in [7, 11) is 0. The molecule has 31 heavy (non-hydrogen) atoms. The van der Waals surface area contributed by atoms with E-state index in [1.54, 1.807) is 0 Å². The molecule has 4 nitrogen and oxygen atoms in total. The summed E-state index contributed by atoms with van der Waals surface area (Å²) in [6.07, 6.45) is 0. The molecule has 0 atom stereocenters. The van der Waals surface area contributed by atoms with Gasteiger partial charge in [-0.05, 0) is 53.3 Å². The van der Waals surface area contributed by atoms with Crippen molar-refractivity contribution >= 4 is 17.3 Å². The fraction of sp³-hybridized carbons (Fsp3) is 0.296. The first-order valence-corrected chi connectivity index (χ1v) is 11.1. The maximum absolute atomic E-state index is 13.4. The number of benzene rings is 3. The molecule has 1 aliphatic rings. The molecule has 4 heteroatoms. The van der Waals surface area contributed by atoms with E-state index in [-0.39, 0.29) is 5.91 Å². The van der Waals surface area contributed by atoms with E-state index in [1.165, 1.54) is 5.56 Å². The van der Waals surface area contributed by atoms with E-state index in [2.05, 4.69) is 72.7 Å². The van der Waals surface area contributed by atoms with Crippen LogP contribution in [-0.4, -0.2) is 32.1 Å². The van der Waals surface area contributed by atoms with Gasteiger partial charge in [0.25, 0.3) is 5.91 Å². The third kappa shape index (κ3) is 4.64. The highest BCUT2D eigenvalue weighted by Crippen LogP contribution is 2.31. The van der Waals surface area contributed by atoms with Crippen LogP contribution in [0.15, 0.2) is 66.7 Å². The van der Waals surface area contributed by atoms with Gasteiger partial charge in [-0.3, -0.25) is 4.79 Å². The Labute approximate surface area is 185 Å². The Kier molecular flexibility index (Phi) is 6.38. The van der Waals surface area contributed by atoms with Crippen LogP contribution in [0.4, 0.5) is 11.4 Å². The third-order valence-corrected chi connectivity index (χ3v) is 5.99. The Bertz CT molecular complexity index is 1050. The molecule has 0 radical (unpaired) electrons. The lowest BCUT2D eigenvalue weighted by atomic mass is 9.92. The number of anilines is 2. The summed E-state index contributed by atoms with van der Waals surface area (Å²) in [6.45, 7) is 10.2. The van der Waals surface area contributed by atoms with E-state index in [0.29, 0.717) is 11.5 Å². The molecule has 0 unspecified atom stereocenters. The number of amides is 1. The number of carbonyl (C=O) groups excluding carboxylic acids is 1. The van der Waals surface area contributed by atoms with Crippen molar-refractivity contribution in [2.45, 2.75) is 26.7 Å². The van der Waals surface area contributed by atoms with Crippen LogP contribution >= 0.6 is 0 Å². The number of carbonyl (C=O) groups is 1. The quantitative estimate of drug-likeness (QED) is 0.585. The second kappa shape index (κ2) is 9.36. The van der Waals surface area contributed by atoms with E-state index >= 15 is 0 Å². The van der Waals surface area contributed by atoms with E-state index in [4.69, 9.17) is 0 Å². The fourth-order valence-corrected chi connectivity index (χ4v) is 4.23. The molecule has 1 aliphatic heterocycles. The number of hydrogen-bond donors (Lipinski definition) is 2. The Balaban J connectivity index is 1.65. The molecule has 0 saturated carbocycles. The predicted molar refractivity (Wildman–Crippen MR) is 130 cm³/mol. The first kappa shape index (κ1) is 21.1. The van der Waals surface area contributed by atoms with Crippen molar-refractivity contribution in [2.75, 3.05) is 36.4 Å². The normalized spacial score (nSPS) is 14.0. The lowest BCUT2D eigenvalue weighted by Gasteiger charge is -2.31. The molecular weight excluding hydrogens is 382 g/mol. The summed E-state index contributed by atoms with van der Waals surface area (Å²) in [5, 5.41) is 6.57. The van der Waals surface area contributed by atoms with Crippen LogP contribution in [0.1, 0.15) is 41.3 Å². The minimum atomic E-state index is -0.0748. The van der Waals surface area contributed by atoms with Crippen molar-refractivity contribution in [3.8, 4) is 11.1 Å². The molecule has 160 valence electrons.